The number of fused-ring (bicyclic) bond motifs is 1. The molecule has 0 saturated carbocycles. The van der Waals surface area contributed by atoms with Gasteiger partial charge in [-0.3, -0.25) is 9.69 Å². The Morgan fingerprint density at radius 3 is 2.31 bits per heavy atom. The molecule has 226 valence electrons. The first kappa shape index (κ1) is 29.9. The first-order valence-electron chi connectivity index (χ1n) is 14.4. The number of alkyl halides is 3. The van der Waals surface area contributed by atoms with E-state index >= 15 is 0 Å². The molecule has 2 aromatic carbocycles. The molecule has 8 nitrogen and oxygen atoms in total. The number of aromatic amines is 1. The molecule has 1 N–H and O–H groups in total. The van der Waals surface area contributed by atoms with E-state index in [-0.39, 0.29) is 18.0 Å². The molecule has 1 aromatic heterocycles. The highest BCUT2D eigenvalue weighted by molar-refractivity contribution is 5.94. The van der Waals surface area contributed by atoms with Gasteiger partial charge in [-0.15, -0.1) is 0 Å². The van der Waals surface area contributed by atoms with Crippen molar-refractivity contribution in [3.05, 3.63) is 65.0 Å². The zero-order valence-corrected chi connectivity index (χ0v) is 24.5. The van der Waals surface area contributed by atoms with E-state index in [1.165, 1.54) is 12.1 Å². The molecule has 42 heavy (non-hydrogen) atoms. The average molecular weight is 586 g/mol. The second kappa shape index (κ2) is 11.6. The van der Waals surface area contributed by atoms with Crippen LogP contribution in [0.3, 0.4) is 0 Å². The van der Waals surface area contributed by atoms with Crippen molar-refractivity contribution < 1.29 is 27.5 Å². The second-order valence-electron chi connectivity index (χ2n) is 12.4. The number of aromatic nitrogens is 2. The van der Waals surface area contributed by atoms with Crippen LogP contribution in [0.2, 0.25) is 0 Å². The highest BCUT2D eigenvalue weighted by Gasteiger charge is 2.32. The third kappa shape index (κ3) is 6.88. The molecule has 2 aliphatic heterocycles. The van der Waals surface area contributed by atoms with Gasteiger partial charge >= 0.3 is 12.3 Å². The van der Waals surface area contributed by atoms with Gasteiger partial charge in [0.2, 0.25) is 0 Å². The highest BCUT2D eigenvalue weighted by atomic mass is 19.4. The van der Waals surface area contributed by atoms with Crippen molar-refractivity contribution in [2.75, 3.05) is 32.7 Å². The van der Waals surface area contributed by atoms with Crippen molar-refractivity contribution in [3.63, 3.8) is 0 Å². The lowest BCUT2D eigenvalue weighted by Crippen LogP contribution is -2.53. The number of H-pyrrole nitrogens is 1. The molecular formula is C31H38F3N5O3. The van der Waals surface area contributed by atoms with Crippen molar-refractivity contribution >= 4 is 23.0 Å². The van der Waals surface area contributed by atoms with Gasteiger partial charge in [-0.05, 0) is 81.8 Å². The summed E-state index contributed by atoms with van der Waals surface area (Å²) in [7, 11) is 0. The molecule has 2 amide bonds. The number of piperazine rings is 1. The highest BCUT2D eigenvalue weighted by Crippen LogP contribution is 2.31. The zero-order valence-electron chi connectivity index (χ0n) is 24.5. The van der Waals surface area contributed by atoms with Crippen molar-refractivity contribution in [2.24, 2.45) is 0 Å². The Morgan fingerprint density at radius 1 is 1.00 bits per heavy atom. The van der Waals surface area contributed by atoms with E-state index in [4.69, 9.17) is 4.74 Å². The molecule has 0 bridgehead atoms. The van der Waals surface area contributed by atoms with E-state index in [0.717, 1.165) is 47.1 Å². The van der Waals surface area contributed by atoms with Crippen molar-refractivity contribution in [1.29, 1.82) is 0 Å². The van der Waals surface area contributed by atoms with Gasteiger partial charge in [-0.1, -0.05) is 18.2 Å². The summed E-state index contributed by atoms with van der Waals surface area (Å²) in [4.78, 5) is 39.3. The first-order valence-corrected chi connectivity index (χ1v) is 14.4. The van der Waals surface area contributed by atoms with Gasteiger partial charge in [-0.2, -0.15) is 13.2 Å². The van der Waals surface area contributed by atoms with Crippen LogP contribution < -0.4 is 0 Å². The van der Waals surface area contributed by atoms with E-state index in [9.17, 15) is 22.8 Å². The van der Waals surface area contributed by atoms with E-state index in [2.05, 4.69) is 20.9 Å². The average Bonchev–Trinajstić information content (AvgIpc) is 3.35. The molecule has 3 aromatic rings. The van der Waals surface area contributed by atoms with E-state index in [0.29, 0.717) is 51.0 Å². The fourth-order valence-electron chi connectivity index (χ4n) is 5.78. The number of halogens is 3. The van der Waals surface area contributed by atoms with Gasteiger partial charge in [0.1, 0.15) is 5.60 Å². The molecule has 0 spiro atoms. The van der Waals surface area contributed by atoms with Crippen LogP contribution in [0.5, 0.6) is 0 Å². The van der Waals surface area contributed by atoms with Gasteiger partial charge in [0.25, 0.3) is 5.91 Å². The molecule has 3 heterocycles. The van der Waals surface area contributed by atoms with Crippen LogP contribution in [0, 0.1) is 0 Å². The maximum absolute atomic E-state index is 13.4. The minimum Gasteiger partial charge on any atom is -0.444 e. The summed E-state index contributed by atoms with van der Waals surface area (Å²) in [5.41, 5.74) is 2.31. The number of imidazole rings is 1. The molecule has 0 unspecified atom stereocenters. The Balaban J connectivity index is 1.18. The Labute approximate surface area is 243 Å². The smallest absolute Gasteiger partial charge is 0.416 e. The van der Waals surface area contributed by atoms with Crippen LogP contribution >= 0.6 is 0 Å². The summed E-state index contributed by atoms with van der Waals surface area (Å²) in [5, 5.41) is 0. The molecule has 1 atom stereocenters. The summed E-state index contributed by atoms with van der Waals surface area (Å²) in [5.74, 6) is 0.429. The van der Waals surface area contributed by atoms with Crippen LogP contribution in [0.1, 0.15) is 73.8 Å². The quantitative estimate of drug-likeness (QED) is 0.404. The van der Waals surface area contributed by atoms with Crippen LogP contribution in [0.15, 0.2) is 42.5 Å². The number of carbonyl (C=O) groups excluding carboxylic acids is 2. The van der Waals surface area contributed by atoms with Crippen LogP contribution in [-0.2, 0) is 17.5 Å². The summed E-state index contributed by atoms with van der Waals surface area (Å²) < 4.78 is 44.1. The fraction of sp³-hybridized carbons (Fsp3) is 0.516. The first-order chi connectivity index (χ1) is 19.8. The van der Waals surface area contributed by atoms with Gasteiger partial charge in [0.15, 0.2) is 5.82 Å². The number of piperidine rings is 1. The normalized spacial score (nSPS) is 19.4. The SMILES string of the molecule is C[C@H]1CN(Cc2ccc(C(F)(F)F)cc2)CCN1C(=O)c1nc2ccc(C3CCN(C(=O)OC(C)(C)C)CC3)cc2[nH]1. The minimum atomic E-state index is -4.35. The maximum atomic E-state index is 13.4. The summed E-state index contributed by atoms with van der Waals surface area (Å²) in [6, 6.07) is 11.2. The molecule has 5 rings (SSSR count). The number of ether oxygens (including phenoxy) is 1. The lowest BCUT2D eigenvalue weighted by molar-refractivity contribution is -0.137. The monoisotopic (exact) mass is 585 g/mol. The Bertz CT molecular complexity index is 1420. The summed E-state index contributed by atoms with van der Waals surface area (Å²) in [6.45, 7) is 11.1. The Hall–Kier alpha value is -3.60. The van der Waals surface area contributed by atoms with Gasteiger partial charge in [0.05, 0.1) is 16.6 Å². The minimum absolute atomic E-state index is 0.0837. The van der Waals surface area contributed by atoms with Gasteiger partial charge in [0, 0.05) is 45.3 Å². The number of nitrogens with one attached hydrogen (secondary N) is 1. The van der Waals surface area contributed by atoms with Crippen LogP contribution in [0.4, 0.5) is 18.0 Å². The lowest BCUT2D eigenvalue weighted by atomic mass is 9.89. The number of carbonyl (C=O) groups is 2. The lowest BCUT2D eigenvalue weighted by Gasteiger charge is -2.39. The molecule has 2 aliphatic rings. The number of benzene rings is 2. The molecular weight excluding hydrogens is 547 g/mol. The maximum Gasteiger partial charge on any atom is 0.416 e. The summed E-state index contributed by atoms with van der Waals surface area (Å²) >= 11 is 0. The number of hydrogen-bond donors (Lipinski definition) is 1. The van der Waals surface area contributed by atoms with Crippen LogP contribution in [-0.4, -0.2) is 81.0 Å². The number of nitrogens with zero attached hydrogens (tertiary/aromatic N) is 4. The zero-order chi connectivity index (χ0) is 30.2. The van der Waals surface area contributed by atoms with Gasteiger partial charge in [-0.25, -0.2) is 9.78 Å². The molecule has 11 heteroatoms. The Morgan fingerprint density at radius 2 is 1.69 bits per heavy atom. The molecule has 2 fully saturated rings. The standard InChI is InChI=1S/C31H38F3N5O3/c1-20-18-37(19-21-5-8-24(9-6-21)31(32,33)34)15-16-39(20)28(40)27-35-25-10-7-23(17-26(25)36-27)22-11-13-38(14-12-22)29(41)42-30(2,3)4/h5-10,17,20,22H,11-16,18-19H2,1-4H3,(H,35,36)/t20-/m0/s1. The third-order valence-corrected chi connectivity index (χ3v) is 7.99. The van der Waals surface area contributed by atoms with Gasteiger partial charge < -0.3 is 19.5 Å². The number of rotatable bonds is 4. The molecule has 0 aliphatic carbocycles. The molecule has 0 radical (unpaired) electrons. The van der Waals surface area contributed by atoms with Crippen molar-refractivity contribution in [1.82, 2.24) is 24.7 Å². The summed E-state index contributed by atoms with van der Waals surface area (Å²) in [6.07, 6.45) is -2.96. The van der Waals surface area contributed by atoms with E-state index in [1.807, 2.05) is 39.8 Å². The van der Waals surface area contributed by atoms with Crippen molar-refractivity contribution in [3.8, 4) is 0 Å². The predicted octanol–water partition coefficient (Wildman–Crippen LogP) is 6.04. The number of hydrogen-bond acceptors (Lipinski definition) is 5. The van der Waals surface area contributed by atoms with Crippen LogP contribution in [0.25, 0.3) is 11.0 Å². The van der Waals surface area contributed by atoms with Crippen molar-refractivity contribution in [2.45, 2.75) is 70.8 Å². The Kier molecular flexibility index (Phi) is 8.24. The second-order valence-corrected chi connectivity index (χ2v) is 12.4. The number of amides is 2. The van der Waals surface area contributed by atoms with E-state index < -0.39 is 17.3 Å². The topological polar surface area (TPSA) is 81.8 Å². The predicted molar refractivity (Wildman–Crippen MR) is 153 cm³/mol. The molecule has 2 saturated heterocycles. The third-order valence-electron chi connectivity index (χ3n) is 7.99. The fourth-order valence-corrected chi connectivity index (χ4v) is 5.78. The van der Waals surface area contributed by atoms with E-state index in [1.54, 1.807) is 9.80 Å². The number of likely N-dealkylation sites (tertiary alicyclic amines) is 1. The largest absolute Gasteiger partial charge is 0.444 e.